The highest BCUT2D eigenvalue weighted by molar-refractivity contribution is 5.85. The van der Waals surface area contributed by atoms with Gasteiger partial charge in [-0.25, -0.2) is 0 Å². The van der Waals surface area contributed by atoms with Crippen molar-refractivity contribution in [2.45, 2.75) is 25.9 Å². The number of amides is 1. The molecule has 1 amide bonds. The molecule has 0 aliphatic rings. The average molecular weight is 319 g/mol. The second-order valence-electron chi connectivity index (χ2n) is 5.41. The lowest BCUT2D eigenvalue weighted by atomic mass is 9.96. The molecule has 0 fully saturated rings. The van der Waals surface area contributed by atoms with Crippen LogP contribution in [-0.2, 0) is 4.79 Å². The Morgan fingerprint density at radius 1 is 0.909 bits per heavy atom. The summed E-state index contributed by atoms with van der Waals surface area (Å²) in [6.07, 6.45) is 0. The summed E-state index contributed by atoms with van der Waals surface area (Å²) >= 11 is 0. The minimum absolute atomic E-state index is 0. The second-order valence-corrected chi connectivity index (χ2v) is 5.41. The van der Waals surface area contributed by atoms with Crippen LogP contribution in [0.25, 0.3) is 0 Å². The van der Waals surface area contributed by atoms with Crippen molar-refractivity contribution in [3.8, 4) is 0 Å². The van der Waals surface area contributed by atoms with Gasteiger partial charge in [-0.2, -0.15) is 0 Å². The van der Waals surface area contributed by atoms with Crippen molar-refractivity contribution < 1.29 is 4.79 Å². The zero-order valence-corrected chi connectivity index (χ0v) is 13.7. The van der Waals surface area contributed by atoms with Gasteiger partial charge >= 0.3 is 0 Å². The monoisotopic (exact) mass is 318 g/mol. The van der Waals surface area contributed by atoms with Gasteiger partial charge < -0.3 is 11.1 Å². The van der Waals surface area contributed by atoms with Gasteiger partial charge in [0.05, 0.1) is 6.04 Å². The summed E-state index contributed by atoms with van der Waals surface area (Å²) in [5.74, 6) is -0.248. The smallest absolute Gasteiger partial charge is 0.225 e. The minimum atomic E-state index is -0.222. The highest BCUT2D eigenvalue weighted by atomic mass is 35.5. The molecule has 2 aromatic carbocycles. The van der Waals surface area contributed by atoms with E-state index < -0.39 is 0 Å². The Bertz CT molecular complexity index is 533. The Morgan fingerprint density at radius 3 is 1.68 bits per heavy atom. The van der Waals surface area contributed by atoms with Crippen LogP contribution in [0.4, 0.5) is 0 Å². The molecule has 0 aromatic heterocycles. The van der Waals surface area contributed by atoms with Crippen LogP contribution in [0.15, 0.2) is 60.7 Å². The first kappa shape index (κ1) is 18.2. The van der Waals surface area contributed by atoms with Crippen molar-refractivity contribution in [1.82, 2.24) is 5.32 Å². The molecule has 0 bridgehead atoms. The third-order valence-electron chi connectivity index (χ3n) is 3.75. The number of carbonyl (C=O) groups is 1. The lowest BCUT2D eigenvalue weighted by Crippen LogP contribution is -2.40. The van der Waals surface area contributed by atoms with Gasteiger partial charge in [0.2, 0.25) is 5.91 Å². The molecular weight excluding hydrogens is 296 g/mol. The zero-order valence-electron chi connectivity index (χ0n) is 12.9. The van der Waals surface area contributed by atoms with Crippen molar-refractivity contribution in [3.63, 3.8) is 0 Å². The summed E-state index contributed by atoms with van der Waals surface area (Å²) in [6, 6.07) is 19.6. The summed E-state index contributed by atoms with van der Waals surface area (Å²) in [7, 11) is 0. The zero-order chi connectivity index (χ0) is 15.2. The van der Waals surface area contributed by atoms with Crippen molar-refractivity contribution in [1.29, 1.82) is 0 Å². The third kappa shape index (κ3) is 4.58. The maximum Gasteiger partial charge on any atom is 0.225 e. The van der Waals surface area contributed by atoms with E-state index in [-0.39, 0.29) is 36.3 Å². The van der Waals surface area contributed by atoms with E-state index in [2.05, 4.69) is 5.32 Å². The first-order valence-corrected chi connectivity index (χ1v) is 7.25. The Balaban J connectivity index is 0.00000242. The molecule has 0 aliphatic carbocycles. The fraction of sp³-hybridized carbons (Fsp3) is 0.278. The van der Waals surface area contributed by atoms with Crippen LogP contribution in [0, 0.1) is 5.92 Å². The maximum absolute atomic E-state index is 12.4. The van der Waals surface area contributed by atoms with E-state index in [4.69, 9.17) is 5.73 Å². The first-order valence-electron chi connectivity index (χ1n) is 7.25. The SMILES string of the molecule is CC(N)C(C)C(=O)NC(c1ccccc1)c1ccccc1.Cl. The van der Waals surface area contributed by atoms with E-state index in [1.165, 1.54) is 0 Å². The van der Waals surface area contributed by atoms with Crippen LogP contribution in [0.5, 0.6) is 0 Å². The fourth-order valence-corrected chi connectivity index (χ4v) is 2.16. The Hall–Kier alpha value is -1.84. The van der Waals surface area contributed by atoms with Crippen molar-refractivity contribution in [3.05, 3.63) is 71.8 Å². The molecule has 22 heavy (non-hydrogen) atoms. The van der Waals surface area contributed by atoms with Gasteiger partial charge in [-0.3, -0.25) is 4.79 Å². The number of nitrogens with one attached hydrogen (secondary N) is 1. The molecule has 2 atom stereocenters. The van der Waals surface area contributed by atoms with Crippen LogP contribution in [0.1, 0.15) is 31.0 Å². The molecule has 0 aliphatic heterocycles. The highest BCUT2D eigenvalue weighted by Crippen LogP contribution is 2.22. The van der Waals surface area contributed by atoms with Crippen LogP contribution in [0.3, 0.4) is 0 Å². The molecule has 3 N–H and O–H groups in total. The summed E-state index contributed by atoms with van der Waals surface area (Å²) in [5.41, 5.74) is 7.96. The van der Waals surface area contributed by atoms with Gasteiger partial charge in [-0.15, -0.1) is 12.4 Å². The first-order chi connectivity index (χ1) is 10.1. The molecule has 0 saturated heterocycles. The molecule has 3 nitrogen and oxygen atoms in total. The predicted octanol–water partition coefficient (Wildman–Crippen LogP) is 3.30. The molecule has 0 saturated carbocycles. The van der Waals surface area contributed by atoms with E-state index in [0.717, 1.165) is 11.1 Å². The lowest BCUT2D eigenvalue weighted by molar-refractivity contribution is -0.125. The number of hydrogen-bond donors (Lipinski definition) is 2. The summed E-state index contributed by atoms with van der Waals surface area (Å²) in [5, 5.41) is 3.11. The van der Waals surface area contributed by atoms with Gasteiger partial charge in [-0.1, -0.05) is 67.6 Å². The highest BCUT2D eigenvalue weighted by Gasteiger charge is 2.22. The molecule has 0 radical (unpaired) electrons. The van der Waals surface area contributed by atoms with E-state index in [1.807, 2.05) is 74.5 Å². The number of hydrogen-bond acceptors (Lipinski definition) is 2. The van der Waals surface area contributed by atoms with E-state index in [9.17, 15) is 4.79 Å². The molecule has 0 heterocycles. The van der Waals surface area contributed by atoms with Crippen molar-refractivity contribution in [2.75, 3.05) is 0 Å². The molecule has 4 heteroatoms. The fourth-order valence-electron chi connectivity index (χ4n) is 2.16. The molecular formula is C18H23ClN2O. The van der Waals surface area contributed by atoms with E-state index in [0.29, 0.717) is 0 Å². The van der Waals surface area contributed by atoms with Crippen LogP contribution >= 0.6 is 12.4 Å². The summed E-state index contributed by atoms with van der Waals surface area (Å²) in [4.78, 5) is 12.4. The van der Waals surface area contributed by atoms with Crippen molar-refractivity contribution >= 4 is 18.3 Å². The van der Waals surface area contributed by atoms with Gasteiger partial charge in [-0.05, 0) is 18.1 Å². The Labute approximate surface area is 138 Å². The molecule has 2 aromatic rings. The number of benzene rings is 2. The normalized spacial score (nSPS) is 13.1. The number of nitrogens with two attached hydrogens (primary N) is 1. The summed E-state index contributed by atoms with van der Waals surface area (Å²) < 4.78 is 0. The molecule has 2 unspecified atom stereocenters. The topological polar surface area (TPSA) is 55.1 Å². The van der Waals surface area contributed by atoms with Crippen molar-refractivity contribution in [2.24, 2.45) is 11.7 Å². The van der Waals surface area contributed by atoms with Gasteiger partial charge in [0, 0.05) is 12.0 Å². The van der Waals surface area contributed by atoms with Crippen LogP contribution < -0.4 is 11.1 Å². The number of rotatable bonds is 5. The number of halogens is 1. The Morgan fingerprint density at radius 2 is 1.32 bits per heavy atom. The summed E-state index contributed by atoms with van der Waals surface area (Å²) in [6.45, 7) is 3.71. The predicted molar refractivity (Wildman–Crippen MR) is 92.9 cm³/mol. The lowest BCUT2D eigenvalue weighted by Gasteiger charge is -2.23. The van der Waals surface area contributed by atoms with Gasteiger partial charge in [0.25, 0.3) is 0 Å². The standard InChI is InChI=1S/C18H22N2O.ClH/c1-13(14(2)19)18(21)20-17(15-9-5-3-6-10-15)16-11-7-4-8-12-16;/h3-14,17H,19H2,1-2H3,(H,20,21);1H. The largest absolute Gasteiger partial charge is 0.345 e. The second kappa shape index (κ2) is 8.57. The minimum Gasteiger partial charge on any atom is -0.345 e. The third-order valence-corrected chi connectivity index (χ3v) is 3.75. The van der Waals surface area contributed by atoms with Gasteiger partial charge in [0.1, 0.15) is 0 Å². The molecule has 118 valence electrons. The Kier molecular flexibility index (Phi) is 7.09. The van der Waals surface area contributed by atoms with Crippen LogP contribution in [0.2, 0.25) is 0 Å². The average Bonchev–Trinajstić information content (AvgIpc) is 2.53. The van der Waals surface area contributed by atoms with Gasteiger partial charge in [0.15, 0.2) is 0 Å². The molecule has 0 spiro atoms. The number of carbonyl (C=O) groups excluding carboxylic acids is 1. The van der Waals surface area contributed by atoms with E-state index >= 15 is 0 Å². The van der Waals surface area contributed by atoms with E-state index in [1.54, 1.807) is 0 Å². The maximum atomic E-state index is 12.4. The molecule has 2 rings (SSSR count). The van der Waals surface area contributed by atoms with Crippen LogP contribution in [-0.4, -0.2) is 11.9 Å². The quantitative estimate of drug-likeness (QED) is 0.888.